The molecule has 4 rings (SSSR count). The first-order chi connectivity index (χ1) is 12.3. The number of hydrogen-bond donors (Lipinski definition) is 2. The molecule has 0 saturated heterocycles. The van der Waals surface area contributed by atoms with Crippen LogP contribution in [-0.4, -0.2) is 22.7 Å². The molecule has 0 radical (unpaired) electrons. The SMILES string of the molecule is C=CCOc1ccc([C@@H]2Nc3nonc3NC3=C2C(=O)CCC3)cc1. The maximum Gasteiger partial charge on any atom is 0.219 e. The van der Waals surface area contributed by atoms with Gasteiger partial charge in [0.1, 0.15) is 12.4 Å². The summed E-state index contributed by atoms with van der Waals surface area (Å²) in [6.45, 7) is 4.09. The summed E-state index contributed by atoms with van der Waals surface area (Å²) in [4.78, 5) is 12.6. The van der Waals surface area contributed by atoms with Gasteiger partial charge in [-0.25, -0.2) is 4.63 Å². The number of carbonyl (C=O) groups is 1. The van der Waals surface area contributed by atoms with E-state index in [2.05, 4.69) is 27.5 Å². The van der Waals surface area contributed by atoms with Crippen LogP contribution in [0.15, 0.2) is 52.8 Å². The molecule has 2 aromatic rings. The lowest BCUT2D eigenvalue weighted by molar-refractivity contribution is -0.116. The highest BCUT2D eigenvalue weighted by Crippen LogP contribution is 2.39. The molecule has 1 aliphatic carbocycles. The van der Waals surface area contributed by atoms with Crippen LogP contribution in [0.3, 0.4) is 0 Å². The minimum atomic E-state index is -0.308. The van der Waals surface area contributed by atoms with E-state index in [-0.39, 0.29) is 11.8 Å². The van der Waals surface area contributed by atoms with Gasteiger partial charge >= 0.3 is 0 Å². The Labute approximate surface area is 144 Å². The second-order valence-electron chi connectivity index (χ2n) is 6.00. The van der Waals surface area contributed by atoms with Crippen molar-refractivity contribution in [3.8, 4) is 5.75 Å². The highest BCUT2D eigenvalue weighted by molar-refractivity contribution is 6.00. The average Bonchev–Trinajstić information content (AvgIpc) is 2.99. The van der Waals surface area contributed by atoms with Crippen LogP contribution in [0.25, 0.3) is 0 Å². The zero-order valence-corrected chi connectivity index (χ0v) is 13.6. The number of fused-ring (bicyclic) bond motifs is 1. The Bertz CT molecular complexity index is 838. The van der Waals surface area contributed by atoms with Crippen molar-refractivity contribution in [3.63, 3.8) is 0 Å². The molecule has 128 valence electrons. The molecule has 25 heavy (non-hydrogen) atoms. The topological polar surface area (TPSA) is 89.3 Å². The number of nitrogens with zero attached hydrogens (tertiary/aromatic N) is 2. The predicted octanol–water partition coefficient (Wildman–Crippen LogP) is 3.22. The number of rotatable bonds is 4. The first-order valence-corrected chi connectivity index (χ1v) is 8.22. The maximum absolute atomic E-state index is 12.6. The van der Waals surface area contributed by atoms with Crippen LogP contribution < -0.4 is 15.4 Å². The molecule has 0 amide bonds. The standard InChI is InChI=1S/C18H18N4O3/c1-2-10-24-12-8-6-11(7-9-12)16-15-13(4-3-5-14(15)23)19-17-18(20-16)22-25-21-17/h2,6-9,16H,1,3-5,10H2,(H,19,21)(H,20,22)/t16-/m0/s1. The van der Waals surface area contributed by atoms with E-state index in [1.54, 1.807) is 6.08 Å². The molecule has 1 aromatic heterocycles. The fourth-order valence-corrected chi connectivity index (χ4v) is 3.21. The van der Waals surface area contributed by atoms with Crippen LogP contribution in [0.5, 0.6) is 5.75 Å². The number of aromatic nitrogens is 2. The summed E-state index contributed by atoms with van der Waals surface area (Å²) in [5, 5.41) is 14.3. The van der Waals surface area contributed by atoms with Gasteiger partial charge in [-0.3, -0.25) is 4.79 Å². The lowest BCUT2D eigenvalue weighted by atomic mass is 9.87. The Morgan fingerprint density at radius 3 is 2.84 bits per heavy atom. The number of ether oxygens (including phenoxy) is 1. The van der Waals surface area contributed by atoms with Crippen LogP contribution in [0.1, 0.15) is 30.9 Å². The van der Waals surface area contributed by atoms with Crippen LogP contribution in [0.2, 0.25) is 0 Å². The van der Waals surface area contributed by atoms with E-state index in [1.165, 1.54) is 0 Å². The monoisotopic (exact) mass is 338 g/mol. The third kappa shape index (κ3) is 2.88. The van der Waals surface area contributed by atoms with Gasteiger partial charge in [-0.2, -0.15) is 0 Å². The summed E-state index contributed by atoms with van der Waals surface area (Å²) in [5.74, 6) is 1.90. The largest absolute Gasteiger partial charge is 0.490 e. The number of benzene rings is 1. The zero-order valence-electron chi connectivity index (χ0n) is 13.6. The van der Waals surface area contributed by atoms with Gasteiger partial charge in [0.15, 0.2) is 5.78 Å². The molecular weight excluding hydrogens is 320 g/mol. The second-order valence-corrected chi connectivity index (χ2v) is 6.00. The summed E-state index contributed by atoms with van der Waals surface area (Å²) < 4.78 is 10.3. The molecule has 1 aromatic carbocycles. The molecule has 2 aliphatic rings. The predicted molar refractivity (Wildman–Crippen MR) is 92.3 cm³/mol. The molecule has 7 nitrogen and oxygen atoms in total. The summed E-state index contributed by atoms with van der Waals surface area (Å²) in [7, 11) is 0. The van der Waals surface area contributed by atoms with Crippen molar-refractivity contribution in [1.29, 1.82) is 0 Å². The van der Waals surface area contributed by atoms with Gasteiger partial charge in [0, 0.05) is 17.7 Å². The molecule has 1 atom stereocenters. The molecule has 0 saturated carbocycles. The third-order valence-electron chi connectivity index (χ3n) is 4.36. The van der Waals surface area contributed by atoms with E-state index in [0.29, 0.717) is 24.7 Å². The van der Waals surface area contributed by atoms with E-state index in [4.69, 9.17) is 9.37 Å². The Morgan fingerprint density at radius 2 is 2.04 bits per heavy atom. The Balaban J connectivity index is 1.72. The van der Waals surface area contributed by atoms with Gasteiger partial charge in [0.05, 0.1) is 6.04 Å². The Kier molecular flexibility index (Phi) is 3.97. The zero-order chi connectivity index (χ0) is 17.2. The van der Waals surface area contributed by atoms with Crippen molar-refractivity contribution < 1.29 is 14.2 Å². The first-order valence-electron chi connectivity index (χ1n) is 8.22. The number of allylic oxidation sites excluding steroid dienone is 1. The normalized spacial score (nSPS) is 19.2. The van der Waals surface area contributed by atoms with Crippen molar-refractivity contribution >= 4 is 17.4 Å². The Morgan fingerprint density at radius 1 is 1.24 bits per heavy atom. The quantitative estimate of drug-likeness (QED) is 0.827. The summed E-state index contributed by atoms with van der Waals surface area (Å²) in [6.07, 6.45) is 3.87. The van der Waals surface area contributed by atoms with Crippen molar-refractivity contribution in [3.05, 3.63) is 53.8 Å². The van der Waals surface area contributed by atoms with Crippen molar-refractivity contribution in [1.82, 2.24) is 10.3 Å². The maximum atomic E-state index is 12.6. The van der Waals surface area contributed by atoms with Crippen LogP contribution in [0.4, 0.5) is 11.6 Å². The fraction of sp³-hybridized carbons (Fsp3) is 0.278. The molecule has 2 N–H and O–H groups in total. The molecule has 0 unspecified atom stereocenters. The van der Waals surface area contributed by atoms with Crippen molar-refractivity contribution in [2.24, 2.45) is 0 Å². The van der Waals surface area contributed by atoms with Gasteiger partial charge in [-0.15, -0.1) is 0 Å². The third-order valence-corrected chi connectivity index (χ3v) is 4.36. The van der Waals surface area contributed by atoms with Gasteiger partial charge in [0.25, 0.3) is 0 Å². The second kappa shape index (κ2) is 6.43. The molecule has 7 heteroatoms. The summed E-state index contributed by atoms with van der Waals surface area (Å²) >= 11 is 0. The molecule has 0 fully saturated rings. The average molecular weight is 338 g/mol. The lowest BCUT2D eigenvalue weighted by Gasteiger charge is -2.25. The van der Waals surface area contributed by atoms with E-state index in [9.17, 15) is 4.79 Å². The number of carbonyl (C=O) groups excluding carboxylic acids is 1. The van der Waals surface area contributed by atoms with Crippen LogP contribution >= 0.6 is 0 Å². The number of ketones is 1. The van der Waals surface area contributed by atoms with E-state index < -0.39 is 0 Å². The van der Waals surface area contributed by atoms with Gasteiger partial charge in [-0.1, -0.05) is 24.8 Å². The van der Waals surface area contributed by atoms with Crippen LogP contribution in [-0.2, 0) is 4.79 Å². The van der Waals surface area contributed by atoms with Gasteiger partial charge < -0.3 is 15.4 Å². The number of Topliss-reactive ketones (excluding diaryl/α,β-unsaturated/α-hetero) is 1. The molecule has 0 spiro atoms. The van der Waals surface area contributed by atoms with Gasteiger partial charge in [-0.05, 0) is 40.9 Å². The molecule has 1 aliphatic heterocycles. The highest BCUT2D eigenvalue weighted by atomic mass is 16.6. The number of anilines is 2. The smallest absolute Gasteiger partial charge is 0.219 e. The van der Waals surface area contributed by atoms with E-state index in [0.717, 1.165) is 35.4 Å². The van der Waals surface area contributed by atoms with E-state index >= 15 is 0 Å². The molecular formula is C18H18N4O3. The number of hydrogen-bond acceptors (Lipinski definition) is 7. The Hall–Kier alpha value is -3.09. The summed E-state index contributed by atoms with van der Waals surface area (Å²) in [6, 6.07) is 7.35. The van der Waals surface area contributed by atoms with Crippen molar-refractivity contribution in [2.45, 2.75) is 25.3 Å². The van der Waals surface area contributed by atoms with E-state index in [1.807, 2.05) is 24.3 Å². The van der Waals surface area contributed by atoms with Crippen molar-refractivity contribution in [2.75, 3.05) is 17.2 Å². The minimum Gasteiger partial charge on any atom is -0.490 e. The highest BCUT2D eigenvalue weighted by Gasteiger charge is 2.33. The number of nitrogens with one attached hydrogen (secondary N) is 2. The lowest BCUT2D eigenvalue weighted by Crippen LogP contribution is -2.23. The van der Waals surface area contributed by atoms with Crippen LogP contribution in [0, 0.1) is 0 Å². The molecule has 0 bridgehead atoms. The first kappa shape index (κ1) is 15.4. The van der Waals surface area contributed by atoms with Gasteiger partial charge in [0.2, 0.25) is 11.6 Å². The fourth-order valence-electron chi connectivity index (χ4n) is 3.21. The summed E-state index contributed by atoms with van der Waals surface area (Å²) in [5.41, 5.74) is 2.58. The molecule has 2 heterocycles. The minimum absolute atomic E-state index is 0.139.